The highest BCUT2D eigenvalue weighted by molar-refractivity contribution is 6.33. The minimum absolute atomic E-state index is 0.0542. The van der Waals surface area contributed by atoms with Crippen LogP contribution in [0.3, 0.4) is 0 Å². The number of amides is 2. The van der Waals surface area contributed by atoms with Crippen LogP contribution in [0.4, 0.5) is 13.2 Å². The summed E-state index contributed by atoms with van der Waals surface area (Å²) in [4.78, 5) is 28.2. The Morgan fingerprint density at radius 1 is 1.33 bits per heavy atom. The Morgan fingerprint density at radius 3 is 2.71 bits per heavy atom. The monoisotopic (exact) mass is 360 g/mol. The number of carbonyl (C=O) groups excluding carboxylic acids is 2. The highest BCUT2D eigenvalue weighted by Gasteiger charge is 2.43. The summed E-state index contributed by atoms with van der Waals surface area (Å²) in [5, 5.41) is -0.0542. The first-order chi connectivity index (χ1) is 11.2. The third-order valence-electron chi connectivity index (χ3n) is 4.68. The lowest BCUT2D eigenvalue weighted by atomic mass is 10.0. The number of piperazine rings is 1. The highest BCUT2D eigenvalue weighted by atomic mass is 35.5. The lowest BCUT2D eigenvalue weighted by Crippen LogP contribution is -2.60. The summed E-state index contributed by atoms with van der Waals surface area (Å²) in [6.45, 7) is 2.58. The van der Waals surface area contributed by atoms with Crippen molar-refractivity contribution in [1.29, 1.82) is 0 Å². The van der Waals surface area contributed by atoms with Crippen molar-refractivity contribution in [1.82, 2.24) is 9.80 Å². The average molecular weight is 361 g/mol. The number of alkyl halides is 3. The van der Waals surface area contributed by atoms with Gasteiger partial charge >= 0.3 is 6.18 Å². The standard InChI is InChI=1S/C16H16ClF3N2O2/c1-9-14(23)21-6-2-3-11(21)8-22(9)15(24)12-7-10(16(18,19)20)4-5-13(12)17/h4-5,7,9,11H,2-3,6,8H2,1H3/t9-,11-/m0/s1. The molecule has 8 heteroatoms. The second kappa shape index (κ2) is 5.95. The van der Waals surface area contributed by atoms with Crippen LogP contribution in [0, 0.1) is 0 Å². The molecule has 2 aliphatic heterocycles. The van der Waals surface area contributed by atoms with Gasteiger partial charge in [-0.25, -0.2) is 0 Å². The molecule has 130 valence electrons. The maximum absolute atomic E-state index is 12.9. The van der Waals surface area contributed by atoms with Gasteiger partial charge in [0.15, 0.2) is 0 Å². The van der Waals surface area contributed by atoms with E-state index in [1.165, 1.54) is 4.90 Å². The Labute approximate surface area is 142 Å². The van der Waals surface area contributed by atoms with E-state index in [0.717, 1.165) is 31.0 Å². The van der Waals surface area contributed by atoms with Crippen LogP contribution in [0.1, 0.15) is 35.7 Å². The molecular formula is C16H16ClF3N2O2. The molecule has 1 aromatic carbocycles. The molecular weight excluding hydrogens is 345 g/mol. The van der Waals surface area contributed by atoms with Crippen LogP contribution in [0.5, 0.6) is 0 Å². The molecule has 0 spiro atoms. The van der Waals surface area contributed by atoms with Crippen molar-refractivity contribution < 1.29 is 22.8 Å². The van der Waals surface area contributed by atoms with Crippen molar-refractivity contribution in [3.05, 3.63) is 34.3 Å². The van der Waals surface area contributed by atoms with Crippen LogP contribution in [-0.2, 0) is 11.0 Å². The van der Waals surface area contributed by atoms with E-state index in [-0.39, 0.29) is 22.5 Å². The van der Waals surface area contributed by atoms with Gasteiger partial charge in [-0.1, -0.05) is 11.6 Å². The number of halogens is 4. The van der Waals surface area contributed by atoms with E-state index in [1.54, 1.807) is 11.8 Å². The van der Waals surface area contributed by atoms with Crippen LogP contribution in [-0.4, -0.2) is 46.8 Å². The molecule has 2 aliphatic rings. The molecule has 2 fully saturated rings. The number of hydrogen-bond acceptors (Lipinski definition) is 2. The fourth-order valence-electron chi connectivity index (χ4n) is 3.35. The molecule has 0 saturated carbocycles. The third-order valence-corrected chi connectivity index (χ3v) is 5.01. The van der Waals surface area contributed by atoms with E-state index >= 15 is 0 Å². The van der Waals surface area contributed by atoms with Gasteiger partial charge in [-0.3, -0.25) is 9.59 Å². The molecule has 0 aliphatic carbocycles. The van der Waals surface area contributed by atoms with Gasteiger partial charge in [0.2, 0.25) is 5.91 Å². The van der Waals surface area contributed by atoms with Gasteiger partial charge in [-0.05, 0) is 38.0 Å². The Balaban J connectivity index is 1.92. The summed E-state index contributed by atoms with van der Waals surface area (Å²) in [5.74, 6) is -0.807. The average Bonchev–Trinajstić information content (AvgIpc) is 2.98. The van der Waals surface area contributed by atoms with Gasteiger partial charge < -0.3 is 9.80 Å². The molecule has 3 rings (SSSR count). The fourth-order valence-corrected chi connectivity index (χ4v) is 3.55. The molecule has 0 aromatic heterocycles. The van der Waals surface area contributed by atoms with Crippen molar-refractivity contribution >= 4 is 23.4 Å². The van der Waals surface area contributed by atoms with E-state index in [9.17, 15) is 22.8 Å². The lowest BCUT2D eigenvalue weighted by molar-refractivity contribution is -0.141. The molecule has 24 heavy (non-hydrogen) atoms. The molecule has 0 N–H and O–H groups in total. The van der Waals surface area contributed by atoms with Gasteiger partial charge in [-0.2, -0.15) is 13.2 Å². The minimum atomic E-state index is -4.56. The maximum Gasteiger partial charge on any atom is 0.416 e. The van der Waals surface area contributed by atoms with Crippen LogP contribution in [0.25, 0.3) is 0 Å². The predicted molar refractivity (Wildman–Crippen MR) is 81.7 cm³/mol. The van der Waals surface area contributed by atoms with E-state index < -0.39 is 23.7 Å². The summed E-state index contributed by atoms with van der Waals surface area (Å²) < 4.78 is 38.7. The smallest absolute Gasteiger partial charge is 0.336 e. The highest BCUT2D eigenvalue weighted by Crippen LogP contribution is 2.33. The molecule has 2 atom stereocenters. The molecule has 0 bridgehead atoms. The molecule has 2 saturated heterocycles. The summed E-state index contributed by atoms with van der Waals surface area (Å²) in [6.07, 6.45) is -2.90. The predicted octanol–water partition coefficient (Wildman–Crippen LogP) is 3.19. The zero-order valence-electron chi connectivity index (χ0n) is 12.9. The van der Waals surface area contributed by atoms with Gasteiger partial charge in [-0.15, -0.1) is 0 Å². The van der Waals surface area contributed by atoms with Crippen LogP contribution >= 0.6 is 11.6 Å². The first-order valence-electron chi connectivity index (χ1n) is 7.68. The number of rotatable bonds is 1. The van der Waals surface area contributed by atoms with Gasteiger partial charge in [0.05, 0.1) is 16.1 Å². The van der Waals surface area contributed by atoms with Crippen molar-refractivity contribution in [3.63, 3.8) is 0 Å². The Hall–Kier alpha value is -1.76. The number of benzene rings is 1. The van der Waals surface area contributed by atoms with Crippen molar-refractivity contribution in [2.45, 2.75) is 38.0 Å². The van der Waals surface area contributed by atoms with E-state index in [4.69, 9.17) is 11.6 Å². The van der Waals surface area contributed by atoms with Crippen LogP contribution in [0.15, 0.2) is 18.2 Å². The number of nitrogens with zero attached hydrogens (tertiary/aromatic N) is 2. The number of hydrogen-bond donors (Lipinski definition) is 0. The second-order valence-electron chi connectivity index (χ2n) is 6.15. The molecule has 4 nitrogen and oxygen atoms in total. The third kappa shape index (κ3) is 2.85. The van der Waals surface area contributed by atoms with Crippen molar-refractivity contribution in [3.8, 4) is 0 Å². The first-order valence-corrected chi connectivity index (χ1v) is 8.06. The zero-order chi connectivity index (χ0) is 17.6. The number of fused-ring (bicyclic) bond motifs is 1. The van der Waals surface area contributed by atoms with Crippen LogP contribution in [0.2, 0.25) is 5.02 Å². The number of carbonyl (C=O) groups is 2. The van der Waals surface area contributed by atoms with Crippen LogP contribution < -0.4 is 0 Å². The molecule has 0 radical (unpaired) electrons. The Kier molecular flexibility index (Phi) is 4.23. The topological polar surface area (TPSA) is 40.6 Å². The van der Waals surface area contributed by atoms with Crippen molar-refractivity contribution in [2.75, 3.05) is 13.1 Å². The minimum Gasteiger partial charge on any atom is -0.336 e. The summed E-state index contributed by atoms with van der Waals surface area (Å²) >= 11 is 5.95. The maximum atomic E-state index is 12.9. The van der Waals surface area contributed by atoms with E-state index in [2.05, 4.69) is 0 Å². The lowest BCUT2D eigenvalue weighted by Gasteiger charge is -2.41. The Morgan fingerprint density at radius 2 is 2.04 bits per heavy atom. The fraction of sp³-hybridized carbons (Fsp3) is 0.500. The van der Waals surface area contributed by atoms with Gasteiger partial charge in [0.25, 0.3) is 5.91 Å². The largest absolute Gasteiger partial charge is 0.416 e. The molecule has 1 aromatic rings. The second-order valence-corrected chi connectivity index (χ2v) is 6.56. The van der Waals surface area contributed by atoms with E-state index in [0.29, 0.717) is 13.1 Å². The molecule has 2 heterocycles. The summed E-state index contributed by atoms with van der Waals surface area (Å²) in [6, 6.07) is 1.88. The normalized spacial score (nSPS) is 24.3. The molecule has 0 unspecified atom stereocenters. The van der Waals surface area contributed by atoms with Crippen molar-refractivity contribution in [2.24, 2.45) is 0 Å². The SMILES string of the molecule is C[C@H]1C(=O)N2CCC[C@H]2CN1C(=O)c1cc(C(F)(F)F)ccc1Cl. The van der Waals surface area contributed by atoms with Gasteiger partial charge in [0, 0.05) is 19.1 Å². The first kappa shape index (κ1) is 17.1. The van der Waals surface area contributed by atoms with Gasteiger partial charge in [0.1, 0.15) is 6.04 Å². The summed E-state index contributed by atoms with van der Waals surface area (Å²) in [5.41, 5.74) is -1.16. The molecule has 2 amide bonds. The quantitative estimate of drug-likeness (QED) is 0.771. The zero-order valence-corrected chi connectivity index (χ0v) is 13.7. The van der Waals surface area contributed by atoms with E-state index in [1.807, 2.05) is 0 Å². The summed E-state index contributed by atoms with van der Waals surface area (Å²) in [7, 11) is 0. The Bertz CT molecular complexity index is 692.